The molecule has 0 radical (unpaired) electrons. The SMILES string of the molecule is NC(CCCCC(N)C1CC1)C1CC1. The monoisotopic (exact) mass is 196 g/mol. The van der Waals surface area contributed by atoms with Crippen molar-refractivity contribution in [3.05, 3.63) is 0 Å². The van der Waals surface area contributed by atoms with Crippen LogP contribution in [0, 0.1) is 11.8 Å². The van der Waals surface area contributed by atoms with Gasteiger partial charge in [-0.3, -0.25) is 0 Å². The number of unbranched alkanes of at least 4 members (excludes halogenated alkanes) is 1. The fourth-order valence-corrected chi connectivity index (χ4v) is 2.28. The van der Waals surface area contributed by atoms with E-state index in [9.17, 15) is 0 Å². The molecule has 0 spiro atoms. The van der Waals surface area contributed by atoms with E-state index in [1.807, 2.05) is 0 Å². The lowest BCUT2D eigenvalue weighted by Crippen LogP contribution is -2.24. The molecule has 0 aromatic rings. The van der Waals surface area contributed by atoms with Crippen LogP contribution in [0.2, 0.25) is 0 Å². The van der Waals surface area contributed by atoms with E-state index in [-0.39, 0.29) is 0 Å². The fraction of sp³-hybridized carbons (Fsp3) is 1.00. The Morgan fingerprint density at radius 2 is 1.14 bits per heavy atom. The highest BCUT2D eigenvalue weighted by atomic mass is 14.7. The first-order valence-electron chi connectivity index (χ1n) is 6.28. The standard InChI is InChI=1S/C12H24N2/c13-11(9-5-6-9)3-1-2-4-12(14)10-7-8-10/h9-12H,1-8,13-14H2. The summed E-state index contributed by atoms with van der Waals surface area (Å²) < 4.78 is 0. The van der Waals surface area contributed by atoms with Crippen LogP contribution in [0.1, 0.15) is 51.4 Å². The van der Waals surface area contributed by atoms with E-state index in [2.05, 4.69) is 0 Å². The van der Waals surface area contributed by atoms with Crippen LogP contribution in [-0.4, -0.2) is 12.1 Å². The Hall–Kier alpha value is -0.0800. The molecule has 0 amide bonds. The van der Waals surface area contributed by atoms with Crippen LogP contribution in [0.3, 0.4) is 0 Å². The van der Waals surface area contributed by atoms with Gasteiger partial charge in [0.2, 0.25) is 0 Å². The normalized spacial score (nSPS) is 26.1. The quantitative estimate of drug-likeness (QED) is 0.612. The Bertz CT molecular complexity index is 153. The van der Waals surface area contributed by atoms with Gasteiger partial charge < -0.3 is 11.5 Å². The van der Waals surface area contributed by atoms with E-state index in [4.69, 9.17) is 11.5 Å². The van der Waals surface area contributed by atoms with Crippen molar-refractivity contribution in [1.82, 2.24) is 0 Å². The molecule has 0 saturated heterocycles. The highest BCUT2D eigenvalue weighted by Gasteiger charge is 2.29. The van der Waals surface area contributed by atoms with Crippen molar-refractivity contribution in [1.29, 1.82) is 0 Å². The molecule has 0 heterocycles. The average molecular weight is 196 g/mol. The molecular weight excluding hydrogens is 172 g/mol. The molecule has 82 valence electrons. The van der Waals surface area contributed by atoms with Crippen LogP contribution in [0.15, 0.2) is 0 Å². The van der Waals surface area contributed by atoms with Crippen LogP contribution >= 0.6 is 0 Å². The van der Waals surface area contributed by atoms with E-state index in [0.29, 0.717) is 12.1 Å². The summed E-state index contributed by atoms with van der Waals surface area (Å²) in [6, 6.07) is 0.985. The third-order valence-electron chi connectivity index (χ3n) is 3.78. The summed E-state index contributed by atoms with van der Waals surface area (Å²) in [5, 5.41) is 0. The summed E-state index contributed by atoms with van der Waals surface area (Å²) in [7, 11) is 0. The first-order valence-corrected chi connectivity index (χ1v) is 6.28. The summed E-state index contributed by atoms with van der Waals surface area (Å²) in [6.45, 7) is 0. The smallest absolute Gasteiger partial charge is 0.00671 e. The maximum absolute atomic E-state index is 6.04. The zero-order valence-corrected chi connectivity index (χ0v) is 9.12. The molecule has 2 fully saturated rings. The van der Waals surface area contributed by atoms with Crippen molar-refractivity contribution < 1.29 is 0 Å². The van der Waals surface area contributed by atoms with Gasteiger partial charge in [-0.05, 0) is 50.4 Å². The zero-order chi connectivity index (χ0) is 9.97. The lowest BCUT2D eigenvalue weighted by Gasteiger charge is -2.12. The minimum atomic E-state index is 0.493. The van der Waals surface area contributed by atoms with Gasteiger partial charge in [0.25, 0.3) is 0 Å². The molecule has 0 aromatic heterocycles. The molecule has 2 aliphatic rings. The summed E-state index contributed by atoms with van der Waals surface area (Å²) in [5.41, 5.74) is 12.1. The van der Waals surface area contributed by atoms with Gasteiger partial charge in [-0.1, -0.05) is 12.8 Å². The van der Waals surface area contributed by atoms with Crippen LogP contribution in [-0.2, 0) is 0 Å². The second-order valence-electron chi connectivity index (χ2n) is 5.29. The first-order chi connectivity index (χ1) is 6.77. The van der Waals surface area contributed by atoms with Gasteiger partial charge in [0, 0.05) is 12.1 Å². The van der Waals surface area contributed by atoms with Crippen LogP contribution in [0.4, 0.5) is 0 Å². The molecular formula is C12H24N2. The second kappa shape index (κ2) is 4.63. The van der Waals surface area contributed by atoms with Crippen molar-refractivity contribution in [2.75, 3.05) is 0 Å². The molecule has 2 nitrogen and oxygen atoms in total. The van der Waals surface area contributed by atoms with Crippen LogP contribution in [0.25, 0.3) is 0 Å². The van der Waals surface area contributed by atoms with Gasteiger partial charge in [-0.15, -0.1) is 0 Å². The zero-order valence-electron chi connectivity index (χ0n) is 9.12. The fourth-order valence-electron chi connectivity index (χ4n) is 2.28. The van der Waals surface area contributed by atoms with Gasteiger partial charge in [-0.25, -0.2) is 0 Å². The molecule has 2 saturated carbocycles. The summed E-state index contributed by atoms with van der Waals surface area (Å²) in [6.07, 6.45) is 10.5. The van der Waals surface area contributed by atoms with E-state index in [0.717, 1.165) is 11.8 Å². The molecule has 2 rings (SSSR count). The number of hydrogen-bond donors (Lipinski definition) is 2. The third kappa shape index (κ3) is 3.25. The topological polar surface area (TPSA) is 52.0 Å². The van der Waals surface area contributed by atoms with Gasteiger partial charge in [0.1, 0.15) is 0 Å². The molecule has 14 heavy (non-hydrogen) atoms. The van der Waals surface area contributed by atoms with Crippen LogP contribution in [0.5, 0.6) is 0 Å². The molecule has 0 bridgehead atoms. The summed E-state index contributed by atoms with van der Waals surface area (Å²) in [4.78, 5) is 0. The molecule has 0 aliphatic heterocycles. The highest BCUT2D eigenvalue weighted by molar-refractivity contribution is 4.85. The molecule has 2 aliphatic carbocycles. The van der Waals surface area contributed by atoms with E-state index < -0.39 is 0 Å². The highest BCUT2D eigenvalue weighted by Crippen LogP contribution is 2.35. The van der Waals surface area contributed by atoms with Crippen molar-refractivity contribution in [3.63, 3.8) is 0 Å². The molecule has 2 heteroatoms. The largest absolute Gasteiger partial charge is 0.327 e. The number of rotatable bonds is 7. The van der Waals surface area contributed by atoms with E-state index >= 15 is 0 Å². The Labute approximate surface area is 87.4 Å². The van der Waals surface area contributed by atoms with E-state index in [1.54, 1.807) is 0 Å². The van der Waals surface area contributed by atoms with Gasteiger partial charge in [-0.2, -0.15) is 0 Å². The van der Waals surface area contributed by atoms with Crippen molar-refractivity contribution in [3.8, 4) is 0 Å². The maximum atomic E-state index is 6.04. The first kappa shape index (κ1) is 10.4. The number of nitrogens with two attached hydrogens (primary N) is 2. The van der Waals surface area contributed by atoms with Gasteiger partial charge in [0.15, 0.2) is 0 Å². The minimum absolute atomic E-state index is 0.493. The maximum Gasteiger partial charge on any atom is 0.00671 e. The second-order valence-corrected chi connectivity index (χ2v) is 5.29. The van der Waals surface area contributed by atoms with Gasteiger partial charge in [0.05, 0.1) is 0 Å². The molecule has 0 aromatic carbocycles. The lowest BCUT2D eigenvalue weighted by molar-refractivity contribution is 0.470. The Morgan fingerprint density at radius 1 is 0.786 bits per heavy atom. The third-order valence-corrected chi connectivity index (χ3v) is 3.78. The number of hydrogen-bond acceptors (Lipinski definition) is 2. The van der Waals surface area contributed by atoms with Crippen molar-refractivity contribution in [2.24, 2.45) is 23.3 Å². The summed E-state index contributed by atoms with van der Waals surface area (Å²) >= 11 is 0. The Balaban J connectivity index is 1.45. The summed E-state index contributed by atoms with van der Waals surface area (Å²) in [5.74, 6) is 1.74. The molecule has 2 unspecified atom stereocenters. The van der Waals surface area contributed by atoms with E-state index in [1.165, 1.54) is 51.4 Å². The van der Waals surface area contributed by atoms with Crippen molar-refractivity contribution in [2.45, 2.75) is 63.5 Å². The van der Waals surface area contributed by atoms with Crippen LogP contribution < -0.4 is 11.5 Å². The predicted octanol–water partition coefficient (Wildman–Crippen LogP) is 2.02. The minimum Gasteiger partial charge on any atom is -0.327 e. The Kier molecular flexibility index (Phi) is 3.45. The molecule has 4 N–H and O–H groups in total. The Morgan fingerprint density at radius 3 is 1.43 bits per heavy atom. The predicted molar refractivity (Wildman–Crippen MR) is 59.9 cm³/mol. The average Bonchev–Trinajstić information content (AvgIpc) is 3.06. The van der Waals surface area contributed by atoms with Gasteiger partial charge >= 0.3 is 0 Å². The van der Waals surface area contributed by atoms with Crippen molar-refractivity contribution >= 4 is 0 Å². The lowest BCUT2D eigenvalue weighted by atomic mass is 10.0. The molecule has 2 atom stereocenters.